The van der Waals surface area contributed by atoms with E-state index in [1.165, 1.54) is 13.2 Å². The van der Waals surface area contributed by atoms with E-state index < -0.39 is 12.0 Å². The number of allylic oxidation sites excluding steroid dienone is 1. The van der Waals surface area contributed by atoms with Crippen LogP contribution in [0.1, 0.15) is 25.8 Å². The molecule has 0 aliphatic heterocycles. The van der Waals surface area contributed by atoms with Crippen LogP contribution in [0.4, 0.5) is 0 Å². The van der Waals surface area contributed by atoms with Crippen molar-refractivity contribution in [2.24, 2.45) is 5.92 Å². The molecule has 0 aliphatic carbocycles. The van der Waals surface area contributed by atoms with Crippen LogP contribution < -0.4 is 5.32 Å². The summed E-state index contributed by atoms with van der Waals surface area (Å²) in [6, 6.07) is 7.13. The van der Waals surface area contributed by atoms with Gasteiger partial charge in [0.1, 0.15) is 6.04 Å². The fourth-order valence-electron chi connectivity index (χ4n) is 2.52. The van der Waals surface area contributed by atoms with Gasteiger partial charge < -0.3 is 15.0 Å². The van der Waals surface area contributed by atoms with Crippen molar-refractivity contribution >= 4 is 22.8 Å². The monoisotopic (exact) mass is 328 g/mol. The zero-order chi connectivity index (χ0) is 17.5. The minimum absolute atomic E-state index is 0.286. The number of amides is 1. The molecule has 2 aromatic rings. The Morgan fingerprint density at radius 3 is 2.75 bits per heavy atom. The molecule has 2 rings (SSSR count). The van der Waals surface area contributed by atoms with Crippen LogP contribution in [0, 0.1) is 5.92 Å². The summed E-state index contributed by atoms with van der Waals surface area (Å²) >= 11 is 0. The maximum Gasteiger partial charge on any atom is 0.328 e. The second-order valence-corrected chi connectivity index (χ2v) is 6.18. The van der Waals surface area contributed by atoms with E-state index in [0.29, 0.717) is 12.3 Å². The molecule has 0 spiro atoms. The molecule has 1 amide bonds. The molecule has 128 valence electrons. The van der Waals surface area contributed by atoms with Crippen molar-refractivity contribution in [1.82, 2.24) is 10.3 Å². The quantitative estimate of drug-likeness (QED) is 0.606. The summed E-state index contributed by atoms with van der Waals surface area (Å²) in [7, 11) is 1.32. The highest BCUT2D eigenvalue weighted by molar-refractivity contribution is 5.92. The topological polar surface area (TPSA) is 71.2 Å². The number of carbonyl (C=O) groups is 2. The number of para-hydroxylation sites is 1. The van der Waals surface area contributed by atoms with Gasteiger partial charge >= 0.3 is 5.97 Å². The number of rotatable bonds is 7. The van der Waals surface area contributed by atoms with Crippen LogP contribution in [0.25, 0.3) is 10.9 Å². The van der Waals surface area contributed by atoms with Gasteiger partial charge in [-0.3, -0.25) is 4.79 Å². The number of aromatic nitrogens is 1. The van der Waals surface area contributed by atoms with Crippen molar-refractivity contribution in [2.45, 2.75) is 32.7 Å². The molecule has 1 heterocycles. The number of ether oxygens (including phenoxy) is 1. The SMILES string of the molecule is COC(=O)[C@@H](Cc1c[nH]c2ccccc12)NC(=O)/C=C/CC(C)C. The third-order valence-electron chi connectivity index (χ3n) is 3.78. The molecular formula is C19H24N2O3. The summed E-state index contributed by atoms with van der Waals surface area (Å²) in [5.74, 6) is -0.256. The summed E-state index contributed by atoms with van der Waals surface area (Å²) < 4.78 is 4.83. The lowest BCUT2D eigenvalue weighted by Gasteiger charge is -2.15. The van der Waals surface area contributed by atoms with Crippen molar-refractivity contribution in [3.63, 3.8) is 0 Å². The lowest BCUT2D eigenvalue weighted by atomic mass is 10.0. The van der Waals surface area contributed by atoms with Gasteiger partial charge in [-0.2, -0.15) is 0 Å². The number of methoxy groups -OCH3 is 1. The van der Waals surface area contributed by atoms with Crippen molar-refractivity contribution in [3.8, 4) is 0 Å². The van der Waals surface area contributed by atoms with Gasteiger partial charge in [0.25, 0.3) is 0 Å². The third-order valence-corrected chi connectivity index (χ3v) is 3.78. The zero-order valence-corrected chi connectivity index (χ0v) is 14.3. The normalized spacial score (nSPS) is 12.7. The van der Waals surface area contributed by atoms with Gasteiger partial charge in [0, 0.05) is 23.5 Å². The molecular weight excluding hydrogens is 304 g/mol. The number of esters is 1. The molecule has 0 unspecified atom stereocenters. The van der Waals surface area contributed by atoms with Crippen LogP contribution >= 0.6 is 0 Å². The molecule has 1 aromatic carbocycles. The first-order valence-corrected chi connectivity index (χ1v) is 8.11. The van der Waals surface area contributed by atoms with Crippen molar-refractivity contribution in [1.29, 1.82) is 0 Å². The van der Waals surface area contributed by atoms with Crippen molar-refractivity contribution in [2.75, 3.05) is 7.11 Å². The van der Waals surface area contributed by atoms with E-state index in [4.69, 9.17) is 4.74 Å². The van der Waals surface area contributed by atoms with E-state index in [2.05, 4.69) is 24.1 Å². The van der Waals surface area contributed by atoms with Crippen LogP contribution in [0.15, 0.2) is 42.6 Å². The van der Waals surface area contributed by atoms with E-state index in [0.717, 1.165) is 22.9 Å². The Labute approximate surface area is 142 Å². The van der Waals surface area contributed by atoms with Gasteiger partial charge in [-0.05, 0) is 30.0 Å². The number of nitrogens with one attached hydrogen (secondary N) is 2. The maximum atomic E-state index is 12.0. The van der Waals surface area contributed by atoms with Gasteiger partial charge in [-0.25, -0.2) is 4.79 Å². The van der Waals surface area contributed by atoms with Gasteiger partial charge in [0.2, 0.25) is 5.91 Å². The summed E-state index contributed by atoms with van der Waals surface area (Å²) in [5, 5.41) is 3.77. The largest absolute Gasteiger partial charge is 0.467 e. The molecule has 0 bridgehead atoms. The fraction of sp³-hybridized carbons (Fsp3) is 0.368. The Balaban J connectivity index is 2.10. The number of hydrogen-bond acceptors (Lipinski definition) is 3. The molecule has 1 aromatic heterocycles. The molecule has 0 saturated heterocycles. The lowest BCUT2D eigenvalue weighted by molar-refractivity contribution is -0.144. The Hall–Kier alpha value is -2.56. The van der Waals surface area contributed by atoms with E-state index in [-0.39, 0.29) is 5.91 Å². The highest BCUT2D eigenvalue weighted by atomic mass is 16.5. The molecule has 1 atom stereocenters. The average Bonchev–Trinajstić information content (AvgIpc) is 2.96. The highest BCUT2D eigenvalue weighted by Crippen LogP contribution is 2.19. The van der Waals surface area contributed by atoms with Crippen LogP contribution in [0.2, 0.25) is 0 Å². The first kappa shape index (κ1) is 17.8. The standard InChI is InChI=1S/C19H24N2O3/c1-13(2)7-6-10-18(22)21-17(19(23)24-3)11-14-12-20-16-9-5-4-8-15(14)16/h4-6,8-10,12-13,17,20H,7,11H2,1-3H3,(H,21,22)/b10-6+/t17-/m1/s1. The van der Waals surface area contributed by atoms with Crippen LogP contribution in [-0.4, -0.2) is 30.0 Å². The van der Waals surface area contributed by atoms with E-state index in [9.17, 15) is 9.59 Å². The molecule has 24 heavy (non-hydrogen) atoms. The average molecular weight is 328 g/mol. The summed E-state index contributed by atoms with van der Waals surface area (Å²) in [5.41, 5.74) is 1.96. The van der Waals surface area contributed by atoms with E-state index >= 15 is 0 Å². The predicted molar refractivity (Wildman–Crippen MR) is 94.5 cm³/mol. The smallest absolute Gasteiger partial charge is 0.328 e. The third kappa shape index (κ3) is 4.72. The molecule has 5 nitrogen and oxygen atoms in total. The number of hydrogen-bond donors (Lipinski definition) is 2. The summed E-state index contributed by atoms with van der Waals surface area (Å²) in [4.78, 5) is 27.2. The fourth-order valence-corrected chi connectivity index (χ4v) is 2.52. The Bertz CT molecular complexity index is 731. The van der Waals surface area contributed by atoms with Gasteiger partial charge in [-0.1, -0.05) is 38.1 Å². The van der Waals surface area contributed by atoms with Crippen LogP contribution in [-0.2, 0) is 20.7 Å². The van der Waals surface area contributed by atoms with Gasteiger partial charge in [-0.15, -0.1) is 0 Å². The predicted octanol–water partition coefficient (Wildman–Crippen LogP) is 2.97. The van der Waals surface area contributed by atoms with Crippen LogP contribution in [0.3, 0.4) is 0 Å². The number of aromatic amines is 1. The molecule has 0 aliphatic rings. The van der Waals surface area contributed by atoms with Crippen molar-refractivity contribution in [3.05, 3.63) is 48.2 Å². The summed E-state index contributed by atoms with van der Waals surface area (Å²) in [6.45, 7) is 4.16. The number of benzene rings is 1. The molecule has 5 heteroatoms. The zero-order valence-electron chi connectivity index (χ0n) is 14.3. The first-order chi connectivity index (χ1) is 11.5. The van der Waals surface area contributed by atoms with Crippen LogP contribution in [0.5, 0.6) is 0 Å². The Morgan fingerprint density at radius 2 is 2.04 bits per heavy atom. The minimum atomic E-state index is -0.717. The molecule has 0 saturated carbocycles. The second kappa shape index (κ2) is 8.34. The number of H-pyrrole nitrogens is 1. The number of carbonyl (C=O) groups excluding carboxylic acids is 2. The Kier molecular flexibility index (Phi) is 6.18. The van der Waals surface area contributed by atoms with E-state index in [1.807, 2.05) is 36.5 Å². The molecule has 0 fully saturated rings. The Morgan fingerprint density at radius 1 is 1.29 bits per heavy atom. The lowest BCUT2D eigenvalue weighted by Crippen LogP contribution is -2.42. The molecule has 0 radical (unpaired) electrons. The highest BCUT2D eigenvalue weighted by Gasteiger charge is 2.22. The van der Waals surface area contributed by atoms with E-state index in [1.54, 1.807) is 0 Å². The van der Waals surface area contributed by atoms with Gasteiger partial charge in [0.15, 0.2) is 0 Å². The van der Waals surface area contributed by atoms with Gasteiger partial charge in [0.05, 0.1) is 7.11 Å². The summed E-state index contributed by atoms with van der Waals surface area (Å²) in [6.07, 6.45) is 6.35. The molecule has 2 N–H and O–H groups in total. The van der Waals surface area contributed by atoms with Crippen molar-refractivity contribution < 1.29 is 14.3 Å². The second-order valence-electron chi connectivity index (χ2n) is 6.18. The maximum absolute atomic E-state index is 12.0. The first-order valence-electron chi connectivity index (χ1n) is 8.11. The number of fused-ring (bicyclic) bond motifs is 1. The minimum Gasteiger partial charge on any atom is -0.467 e.